The molecule has 0 unspecified atom stereocenters. The number of rotatable bonds is 7. The normalized spacial score (nSPS) is 19.5. The van der Waals surface area contributed by atoms with E-state index >= 15 is 0 Å². The van der Waals surface area contributed by atoms with Gasteiger partial charge in [0.1, 0.15) is 5.75 Å². The Balaban J connectivity index is 1.48. The first-order chi connectivity index (χ1) is 12.7. The van der Waals surface area contributed by atoms with E-state index < -0.39 is 0 Å². The van der Waals surface area contributed by atoms with E-state index in [0.29, 0.717) is 48.6 Å². The topological polar surface area (TPSA) is 55.6 Å². The minimum absolute atomic E-state index is 0.171. The van der Waals surface area contributed by atoms with Crippen molar-refractivity contribution < 1.29 is 9.53 Å². The van der Waals surface area contributed by atoms with Crippen LogP contribution in [0.15, 0.2) is 54.6 Å². The number of halogens is 1. The molecule has 1 fully saturated rings. The van der Waals surface area contributed by atoms with Crippen molar-refractivity contribution in [3.8, 4) is 5.75 Å². The van der Waals surface area contributed by atoms with Crippen molar-refractivity contribution in [2.24, 2.45) is 11.7 Å². The summed E-state index contributed by atoms with van der Waals surface area (Å²) in [6.07, 6.45) is 1.15. The van der Waals surface area contributed by atoms with Gasteiger partial charge in [0.15, 0.2) is 0 Å². The SMILES string of the molecule is NC[C@@H]1CN(C(=O)CCCOc2ccccc2Cl)C[C@H]1c1ccccc1. The Bertz CT molecular complexity index is 723. The molecule has 0 saturated carbocycles. The number of para-hydroxylation sites is 1. The summed E-state index contributed by atoms with van der Waals surface area (Å²) in [5.74, 6) is 1.48. The largest absolute Gasteiger partial charge is 0.492 e. The molecule has 1 heterocycles. The molecule has 0 bridgehead atoms. The highest BCUT2D eigenvalue weighted by molar-refractivity contribution is 6.32. The number of benzene rings is 2. The van der Waals surface area contributed by atoms with Crippen LogP contribution in [0.5, 0.6) is 5.75 Å². The van der Waals surface area contributed by atoms with E-state index in [1.165, 1.54) is 5.56 Å². The van der Waals surface area contributed by atoms with Gasteiger partial charge in [-0.15, -0.1) is 0 Å². The molecule has 0 aromatic heterocycles. The summed E-state index contributed by atoms with van der Waals surface area (Å²) >= 11 is 6.06. The van der Waals surface area contributed by atoms with E-state index in [-0.39, 0.29) is 5.91 Å². The van der Waals surface area contributed by atoms with Crippen molar-refractivity contribution in [3.05, 3.63) is 65.2 Å². The molecule has 1 amide bonds. The third-order valence-electron chi connectivity index (χ3n) is 4.95. The monoisotopic (exact) mass is 372 g/mol. The van der Waals surface area contributed by atoms with Crippen LogP contribution < -0.4 is 10.5 Å². The van der Waals surface area contributed by atoms with Gasteiger partial charge in [0.05, 0.1) is 11.6 Å². The number of carbonyl (C=O) groups is 1. The van der Waals surface area contributed by atoms with Crippen LogP contribution in [0, 0.1) is 5.92 Å². The summed E-state index contributed by atoms with van der Waals surface area (Å²) in [7, 11) is 0. The maximum absolute atomic E-state index is 12.6. The lowest BCUT2D eigenvalue weighted by Gasteiger charge is -2.17. The van der Waals surface area contributed by atoms with E-state index in [4.69, 9.17) is 22.1 Å². The maximum Gasteiger partial charge on any atom is 0.222 e. The van der Waals surface area contributed by atoms with E-state index in [2.05, 4.69) is 12.1 Å². The smallest absolute Gasteiger partial charge is 0.222 e. The average molecular weight is 373 g/mol. The van der Waals surface area contributed by atoms with Crippen LogP contribution in [0.1, 0.15) is 24.3 Å². The zero-order valence-corrected chi connectivity index (χ0v) is 15.6. The summed E-state index contributed by atoms with van der Waals surface area (Å²) in [5, 5.41) is 0.592. The Labute approximate surface area is 159 Å². The lowest BCUT2D eigenvalue weighted by atomic mass is 9.89. The van der Waals surface area contributed by atoms with Crippen LogP contribution in [0.25, 0.3) is 0 Å². The van der Waals surface area contributed by atoms with Gasteiger partial charge in [-0.25, -0.2) is 0 Å². The van der Waals surface area contributed by atoms with Crippen molar-refractivity contribution in [2.45, 2.75) is 18.8 Å². The predicted molar refractivity (Wildman–Crippen MR) is 104 cm³/mol. The fourth-order valence-corrected chi connectivity index (χ4v) is 3.71. The van der Waals surface area contributed by atoms with Crippen molar-refractivity contribution >= 4 is 17.5 Å². The molecule has 0 aliphatic carbocycles. The fraction of sp³-hybridized carbons (Fsp3) is 0.381. The van der Waals surface area contributed by atoms with Crippen molar-refractivity contribution in [2.75, 3.05) is 26.2 Å². The van der Waals surface area contributed by atoms with Crippen molar-refractivity contribution in [1.82, 2.24) is 4.90 Å². The van der Waals surface area contributed by atoms with Crippen molar-refractivity contribution in [1.29, 1.82) is 0 Å². The lowest BCUT2D eigenvalue weighted by Crippen LogP contribution is -2.29. The maximum atomic E-state index is 12.6. The standard InChI is InChI=1S/C21H25ClN2O2/c22-19-9-4-5-10-20(19)26-12-6-11-21(25)24-14-17(13-23)18(15-24)16-7-2-1-3-8-16/h1-5,7-10,17-18H,6,11-15,23H2/t17-,18+/m1/s1. The van der Waals surface area contributed by atoms with Gasteiger partial charge in [-0.05, 0) is 36.6 Å². The van der Waals surface area contributed by atoms with Gasteiger partial charge in [-0.3, -0.25) is 4.79 Å². The quantitative estimate of drug-likeness (QED) is 0.754. The third kappa shape index (κ3) is 4.57. The second kappa shape index (κ2) is 9.06. The molecule has 0 spiro atoms. The zero-order chi connectivity index (χ0) is 18.4. The Hall–Kier alpha value is -2.04. The van der Waals surface area contributed by atoms with Gasteiger partial charge < -0.3 is 15.4 Å². The number of hydrogen-bond donors (Lipinski definition) is 1. The summed E-state index contributed by atoms with van der Waals surface area (Å²) in [6.45, 7) is 2.56. The second-order valence-corrected chi connectivity index (χ2v) is 7.10. The Morgan fingerprint density at radius 3 is 2.58 bits per heavy atom. The first kappa shape index (κ1) is 18.7. The van der Waals surface area contributed by atoms with Gasteiger partial charge in [0, 0.05) is 25.4 Å². The Morgan fingerprint density at radius 1 is 1.12 bits per heavy atom. The molecule has 2 aromatic carbocycles. The number of nitrogens with two attached hydrogens (primary N) is 1. The molecule has 4 nitrogen and oxygen atoms in total. The molecule has 138 valence electrons. The summed E-state index contributed by atoms with van der Waals surface area (Å²) in [4.78, 5) is 14.5. The van der Waals surface area contributed by atoms with Crippen LogP contribution in [-0.2, 0) is 4.79 Å². The van der Waals surface area contributed by atoms with Crippen LogP contribution in [0.3, 0.4) is 0 Å². The molecule has 5 heteroatoms. The van der Waals surface area contributed by atoms with Gasteiger partial charge in [0.25, 0.3) is 0 Å². The Kier molecular flexibility index (Phi) is 6.53. The number of hydrogen-bond acceptors (Lipinski definition) is 3. The molecule has 26 heavy (non-hydrogen) atoms. The highest BCUT2D eigenvalue weighted by atomic mass is 35.5. The van der Waals surface area contributed by atoms with E-state index in [1.807, 2.05) is 41.3 Å². The highest BCUT2D eigenvalue weighted by Crippen LogP contribution is 2.32. The number of carbonyl (C=O) groups excluding carboxylic acids is 1. The molecule has 3 rings (SSSR count). The molecule has 2 aromatic rings. The van der Waals surface area contributed by atoms with Crippen LogP contribution in [0.4, 0.5) is 0 Å². The summed E-state index contributed by atoms with van der Waals surface area (Å²) in [6, 6.07) is 17.7. The summed E-state index contributed by atoms with van der Waals surface area (Å²) in [5.41, 5.74) is 7.22. The fourth-order valence-electron chi connectivity index (χ4n) is 3.52. The number of nitrogens with zero attached hydrogens (tertiary/aromatic N) is 1. The third-order valence-corrected chi connectivity index (χ3v) is 5.27. The Morgan fingerprint density at radius 2 is 1.85 bits per heavy atom. The molecule has 1 aliphatic rings. The minimum Gasteiger partial charge on any atom is -0.492 e. The summed E-state index contributed by atoms with van der Waals surface area (Å²) < 4.78 is 5.66. The molecular formula is C21H25ClN2O2. The van der Waals surface area contributed by atoms with Crippen molar-refractivity contribution in [3.63, 3.8) is 0 Å². The van der Waals surface area contributed by atoms with Crippen LogP contribution >= 0.6 is 11.6 Å². The van der Waals surface area contributed by atoms with E-state index in [1.54, 1.807) is 6.07 Å². The van der Waals surface area contributed by atoms with Gasteiger partial charge >= 0.3 is 0 Å². The molecule has 2 N–H and O–H groups in total. The van der Waals surface area contributed by atoms with Gasteiger partial charge in [-0.1, -0.05) is 54.1 Å². The molecule has 2 atom stereocenters. The zero-order valence-electron chi connectivity index (χ0n) is 14.8. The van der Waals surface area contributed by atoms with Gasteiger partial charge in [0.2, 0.25) is 5.91 Å². The van der Waals surface area contributed by atoms with Crippen LogP contribution in [0.2, 0.25) is 5.02 Å². The lowest BCUT2D eigenvalue weighted by molar-refractivity contribution is -0.130. The van der Waals surface area contributed by atoms with E-state index in [9.17, 15) is 4.79 Å². The number of ether oxygens (including phenoxy) is 1. The predicted octanol–water partition coefficient (Wildman–Crippen LogP) is 3.70. The number of amides is 1. The van der Waals surface area contributed by atoms with Crippen LogP contribution in [-0.4, -0.2) is 37.0 Å². The van der Waals surface area contributed by atoms with Gasteiger partial charge in [-0.2, -0.15) is 0 Å². The average Bonchev–Trinajstić information content (AvgIpc) is 3.11. The molecular weight excluding hydrogens is 348 g/mol. The molecule has 0 radical (unpaired) electrons. The minimum atomic E-state index is 0.171. The molecule has 1 saturated heterocycles. The first-order valence-corrected chi connectivity index (χ1v) is 9.47. The number of likely N-dealkylation sites (tertiary alicyclic amines) is 1. The first-order valence-electron chi connectivity index (χ1n) is 9.09. The molecule has 1 aliphatic heterocycles. The van der Waals surface area contributed by atoms with E-state index in [0.717, 1.165) is 13.1 Å². The highest BCUT2D eigenvalue weighted by Gasteiger charge is 2.34. The second-order valence-electron chi connectivity index (χ2n) is 6.69.